The van der Waals surface area contributed by atoms with Crippen LogP contribution < -0.4 is 0 Å². The molecule has 0 N–H and O–H groups in total. The zero-order valence-corrected chi connectivity index (χ0v) is 7.34. The molecule has 64 valence electrons. The predicted octanol–water partition coefficient (Wildman–Crippen LogP) is 1.55. The van der Waals surface area contributed by atoms with E-state index in [1.807, 2.05) is 24.3 Å². The molecule has 1 aliphatic carbocycles. The van der Waals surface area contributed by atoms with Gasteiger partial charge in [-0.2, -0.15) is 0 Å². The Labute approximate surface area is 73.9 Å². The number of fused-ring (bicyclic) bond motifs is 1. The van der Waals surface area contributed by atoms with Crippen molar-refractivity contribution in [3.05, 3.63) is 35.4 Å². The van der Waals surface area contributed by atoms with Gasteiger partial charge in [0.1, 0.15) is 0 Å². The number of aryl methyl sites for hydroxylation is 1. The van der Waals surface area contributed by atoms with Crippen LogP contribution in [0.5, 0.6) is 0 Å². The largest absolute Gasteiger partial charge is 0.772 e. The molecule has 0 radical (unpaired) electrons. The van der Waals surface area contributed by atoms with E-state index in [1.165, 1.54) is 5.56 Å². The molecule has 1 aromatic rings. The van der Waals surface area contributed by atoms with Gasteiger partial charge in [-0.3, -0.25) is 4.21 Å². The zero-order valence-electron chi connectivity index (χ0n) is 6.53. The highest BCUT2D eigenvalue weighted by Crippen LogP contribution is 2.34. The van der Waals surface area contributed by atoms with Gasteiger partial charge in [-0.1, -0.05) is 24.3 Å². The Morgan fingerprint density at radius 3 is 2.92 bits per heavy atom. The van der Waals surface area contributed by atoms with Crippen LogP contribution >= 0.6 is 0 Å². The van der Waals surface area contributed by atoms with Crippen LogP contribution in [0.1, 0.15) is 22.8 Å². The first-order valence-electron chi connectivity index (χ1n) is 3.95. The summed E-state index contributed by atoms with van der Waals surface area (Å²) in [5.41, 5.74) is 2.18. The maximum Gasteiger partial charge on any atom is 0.0471 e. The highest BCUT2D eigenvalue weighted by atomic mass is 32.2. The second-order valence-electron chi connectivity index (χ2n) is 2.99. The first-order valence-corrected chi connectivity index (χ1v) is 5.08. The van der Waals surface area contributed by atoms with Gasteiger partial charge in [0.2, 0.25) is 0 Å². The highest BCUT2D eigenvalue weighted by Gasteiger charge is 2.21. The van der Waals surface area contributed by atoms with Gasteiger partial charge >= 0.3 is 0 Å². The third-order valence-corrected chi connectivity index (χ3v) is 3.26. The average molecular weight is 181 g/mol. The van der Waals surface area contributed by atoms with Crippen molar-refractivity contribution in [3.63, 3.8) is 0 Å². The minimum atomic E-state index is -1.95. The van der Waals surface area contributed by atoms with Crippen LogP contribution in [0.25, 0.3) is 0 Å². The van der Waals surface area contributed by atoms with Crippen LogP contribution in [0.2, 0.25) is 0 Å². The summed E-state index contributed by atoms with van der Waals surface area (Å²) in [6.07, 6.45) is 1.64. The summed E-state index contributed by atoms with van der Waals surface area (Å²) in [6, 6.07) is 7.75. The Kier molecular flexibility index (Phi) is 1.98. The molecule has 2 rings (SSSR count). The molecule has 2 atom stereocenters. The summed E-state index contributed by atoms with van der Waals surface area (Å²) >= 11 is -1.95. The predicted molar refractivity (Wildman–Crippen MR) is 46.4 cm³/mol. The second kappa shape index (κ2) is 2.99. The summed E-state index contributed by atoms with van der Waals surface area (Å²) in [5.74, 6) is 0. The molecule has 0 aromatic heterocycles. The average Bonchev–Trinajstić information content (AvgIpc) is 2.47. The van der Waals surface area contributed by atoms with Crippen LogP contribution in [0.4, 0.5) is 0 Å². The van der Waals surface area contributed by atoms with Crippen molar-refractivity contribution in [2.75, 3.05) is 0 Å². The third-order valence-electron chi connectivity index (χ3n) is 2.31. The minimum absolute atomic E-state index is 0.263. The van der Waals surface area contributed by atoms with E-state index in [9.17, 15) is 8.76 Å². The lowest BCUT2D eigenvalue weighted by molar-refractivity contribution is 0.522. The van der Waals surface area contributed by atoms with Crippen LogP contribution in [0.3, 0.4) is 0 Å². The van der Waals surface area contributed by atoms with Crippen molar-refractivity contribution in [1.29, 1.82) is 0 Å². The molecule has 2 unspecified atom stereocenters. The molecule has 0 saturated heterocycles. The molecule has 2 nitrogen and oxygen atoms in total. The fourth-order valence-electron chi connectivity index (χ4n) is 1.72. The van der Waals surface area contributed by atoms with Gasteiger partial charge in [0.15, 0.2) is 0 Å². The van der Waals surface area contributed by atoms with Crippen molar-refractivity contribution in [2.45, 2.75) is 18.1 Å². The van der Waals surface area contributed by atoms with E-state index in [-0.39, 0.29) is 5.25 Å². The third kappa shape index (κ3) is 1.19. The molecule has 0 saturated carbocycles. The summed E-state index contributed by atoms with van der Waals surface area (Å²) in [4.78, 5) is 0. The molecular formula is C9H9O2S-. The van der Waals surface area contributed by atoms with E-state index in [1.54, 1.807) is 0 Å². The number of rotatable bonds is 1. The Morgan fingerprint density at radius 1 is 1.42 bits per heavy atom. The smallest absolute Gasteiger partial charge is 0.0471 e. The Bertz CT molecular complexity index is 322. The number of benzene rings is 1. The lowest BCUT2D eigenvalue weighted by atomic mass is 10.1. The van der Waals surface area contributed by atoms with Crippen molar-refractivity contribution < 1.29 is 8.76 Å². The number of hydrogen-bond acceptors (Lipinski definition) is 2. The summed E-state index contributed by atoms with van der Waals surface area (Å²) < 4.78 is 21.5. The monoisotopic (exact) mass is 181 g/mol. The topological polar surface area (TPSA) is 40.1 Å². The van der Waals surface area contributed by atoms with Crippen molar-refractivity contribution in [1.82, 2.24) is 0 Å². The Morgan fingerprint density at radius 2 is 2.17 bits per heavy atom. The molecular weight excluding hydrogens is 172 g/mol. The fourth-order valence-corrected chi connectivity index (χ4v) is 2.47. The van der Waals surface area contributed by atoms with E-state index in [2.05, 4.69) is 0 Å². The van der Waals surface area contributed by atoms with E-state index < -0.39 is 11.1 Å². The standard InChI is InChI=1S/C9H10O2S/c10-12(11)9-6-5-7-3-1-2-4-8(7)9/h1-4,9H,5-6H2,(H,10,11)/p-1. The van der Waals surface area contributed by atoms with E-state index in [0.29, 0.717) is 0 Å². The van der Waals surface area contributed by atoms with Gasteiger partial charge in [-0.05, 0) is 35.0 Å². The lowest BCUT2D eigenvalue weighted by Gasteiger charge is -2.13. The van der Waals surface area contributed by atoms with Crippen LogP contribution in [-0.2, 0) is 17.5 Å². The van der Waals surface area contributed by atoms with Gasteiger partial charge < -0.3 is 4.55 Å². The molecule has 12 heavy (non-hydrogen) atoms. The van der Waals surface area contributed by atoms with Gasteiger partial charge in [0, 0.05) is 5.25 Å². The molecule has 0 heterocycles. The molecule has 0 bridgehead atoms. The molecule has 0 fully saturated rings. The second-order valence-corrected chi connectivity index (χ2v) is 4.08. The van der Waals surface area contributed by atoms with Gasteiger partial charge in [-0.15, -0.1) is 0 Å². The number of hydrogen-bond donors (Lipinski definition) is 0. The zero-order chi connectivity index (χ0) is 8.55. The minimum Gasteiger partial charge on any atom is -0.772 e. The Balaban J connectivity index is 2.42. The maximum absolute atomic E-state index is 10.8. The van der Waals surface area contributed by atoms with Crippen molar-refractivity contribution >= 4 is 11.1 Å². The molecule has 1 aliphatic rings. The van der Waals surface area contributed by atoms with Crippen LogP contribution in [0.15, 0.2) is 24.3 Å². The summed E-state index contributed by atoms with van der Waals surface area (Å²) in [5, 5.41) is -0.263. The fraction of sp³-hybridized carbons (Fsp3) is 0.333. The Hall–Kier alpha value is -0.670. The molecule has 0 aliphatic heterocycles. The highest BCUT2D eigenvalue weighted by molar-refractivity contribution is 7.79. The summed E-state index contributed by atoms with van der Waals surface area (Å²) in [7, 11) is 0. The van der Waals surface area contributed by atoms with Crippen LogP contribution in [-0.4, -0.2) is 8.76 Å². The summed E-state index contributed by atoms with van der Waals surface area (Å²) in [6.45, 7) is 0. The molecule has 0 spiro atoms. The molecule has 3 heteroatoms. The van der Waals surface area contributed by atoms with Crippen molar-refractivity contribution in [3.8, 4) is 0 Å². The van der Waals surface area contributed by atoms with Gasteiger partial charge in [-0.25, -0.2) is 0 Å². The van der Waals surface area contributed by atoms with E-state index in [0.717, 1.165) is 18.4 Å². The van der Waals surface area contributed by atoms with Gasteiger partial charge in [0.05, 0.1) is 0 Å². The lowest BCUT2D eigenvalue weighted by Crippen LogP contribution is -2.00. The molecule has 0 amide bonds. The normalized spacial score (nSPS) is 23.6. The quantitative estimate of drug-likeness (QED) is 0.617. The van der Waals surface area contributed by atoms with Crippen LogP contribution in [0, 0.1) is 0 Å². The first-order chi connectivity index (χ1) is 5.79. The SMILES string of the molecule is O=S([O-])C1CCc2ccccc21. The first kappa shape index (κ1) is 7.95. The van der Waals surface area contributed by atoms with Gasteiger partial charge in [0.25, 0.3) is 0 Å². The van der Waals surface area contributed by atoms with E-state index in [4.69, 9.17) is 0 Å². The maximum atomic E-state index is 10.8. The molecule has 1 aromatic carbocycles. The van der Waals surface area contributed by atoms with Crippen molar-refractivity contribution in [2.24, 2.45) is 0 Å². The van der Waals surface area contributed by atoms with E-state index >= 15 is 0 Å².